The van der Waals surface area contributed by atoms with Crippen LogP contribution in [0.1, 0.15) is 66.4 Å². The predicted octanol–water partition coefficient (Wildman–Crippen LogP) is 4.95. The molecule has 50 heavy (non-hydrogen) atoms. The molecule has 0 aliphatic heterocycles. The predicted molar refractivity (Wildman–Crippen MR) is 177 cm³/mol. The second-order valence-corrected chi connectivity index (χ2v) is 10.2. The van der Waals surface area contributed by atoms with Crippen LogP contribution in [-0.2, 0) is 9.59 Å². The number of nitriles is 2. The normalized spacial score (nSPS) is 9.76. The fraction of sp³-hybridized carbons (Fsp3) is 0.111. The molecule has 0 saturated carbocycles. The van der Waals surface area contributed by atoms with E-state index in [0.717, 1.165) is 0 Å². The van der Waals surface area contributed by atoms with Crippen LogP contribution < -0.4 is 20.1 Å². The van der Waals surface area contributed by atoms with Gasteiger partial charge in [-0.05, 0) is 74.5 Å². The topological polar surface area (TPSA) is 233 Å². The number of carbonyl (C=O) groups excluding carboxylic acids is 4. The molecule has 14 nitrogen and oxygen atoms in total. The highest BCUT2D eigenvalue weighted by Gasteiger charge is 2.18. The summed E-state index contributed by atoms with van der Waals surface area (Å²) < 4.78 is 10.4. The first kappa shape index (κ1) is 37.1. The number of hydrogen-bond acceptors (Lipinski definition) is 10. The Morgan fingerprint density at radius 3 is 1.22 bits per heavy atom. The van der Waals surface area contributed by atoms with E-state index in [1.165, 1.54) is 86.6 Å². The van der Waals surface area contributed by atoms with E-state index in [1.807, 2.05) is 12.1 Å². The second-order valence-electron chi connectivity index (χ2n) is 10.2. The third-order valence-electron chi connectivity index (χ3n) is 6.38. The van der Waals surface area contributed by atoms with Crippen LogP contribution in [0.25, 0.3) is 0 Å². The lowest BCUT2D eigenvalue weighted by Crippen LogP contribution is -2.16. The number of hydrogen-bond donors (Lipinski definition) is 4. The number of benzene rings is 4. The summed E-state index contributed by atoms with van der Waals surface area (Å²) in [5.41, 5.74) is 0.657. The van der Waals surface area contributed by atoms with Gasteiger partial charge in [0.25, 0.3) is 11.8 Å². The average Bonchev–Trinajstić information content (AvgIpc) is 3.10. The fourth-order valence-corrected chi connectivity index (χ4v) is 4.13. The molecule has 2 amide bonds. The molecular formula is C36H28N4O10. The fourth-order valence-electron chi connectivity index (χ4n) is 4.13. The number of ether oxygens (including phenoxy) is 2. The lowest BCUT2D eigenvalue weighted by atomic mass is 10.1. The van der Waals surface area contributed by atoms with Crippen molar-refractivity contribution in [3.05, 3.63) is 118 Å². The van der Waals surface area contributed by atoms with Crippen molar-refractivity contribution in [2.45, 2.75) is 13.8 Å². The van der Waals surface area contributed by atoms with Crippen molar-refractivity contribution >= 4 is 46.7 Å². The highest BCUT2D eigenvalue weighted by Crippen LogP contribution is 2.24. The van der Waals surface area contributed by atoms with Crippen LogP contribution in [0.5, 0.6) is 11.5 Å². The Morgan fingerprint density at radius 1 is 0.580 bits per heavy atom. The molecule has 0 atom stereocenters. The van der Waals surface area contributed by atoms with Gasteiger partial charge in [0.1, 0.15) is 36.9 Å². The van der Waals surface area contributed by atoms with Crippen molar-refractivity contribution < 1.29 is 48.5 Å². The molecule has 0 unspecified atom stereocenters. The highest BCUT2D eigenvalue weighted by molar-refractivity contribution is 6.11. The zero-order valence-electron chi connectivity index (χ0n) is 26.6. The third-order valence-corrected chi connectivity index (χ3v) is 6.38. The Hall–Kier alpha value is -7.32. The lowest BCUT2D eigenvalue weighted by Gasteiger charge is -2.10. The number of anilines is 2. The van der Waals surface area contributed by atoms with Crippen molar-refractivity contribution in [2.24, 2.45) is 0 Å². The number of ketones is 2. The highest BCUT2D eigenvalue weighted by atomic mass is 16.5. The summed E-state index contributed by atoms with van der Waals surface area (Å²) in [7, 11) is 0. The summed E-state index contributed by atoms with van der Waals surface area (Å²) in [6.45, 7) is 2.40. The van der Waals surface area contributed by atoms with E-state index >= 15 is 0 Å². The Kier molecular flexibility index (Phi) is 13.0. The molecule has 0 fully saturated rings. The van der Waals surface area contributed by atoms with Gasteiger partial charge in [-0.2, -0.15) is 10.5 Å². The van der Waals surface area contributed by atoms with E-state index in [2.05, 4.69) is 10.6 Å². The minimum absolute atomic E-state index is 0.00501. The molecule has 0 aliphatic carbocycles. The quantitative estimate of drug-likeness (QED) is 0.156. The minimum Gasteiger partial charge on any atom is -0.484 e. The van der Waals surface area contributed by atoms with E-state index in [9.17, 15) is 39.3 Å². The smallest absolute Gasteiger partial charge is 0.336 e. The average molecular weight is 677 g/mol. The molecule has 0 saturated heterocycles. The molecule has 4 rings (SSSR count). The lowest BCUT2D eigenvalue weighted by molar-refractivity contribution is -0.119. The van der Waals surface area contributed by atoms with Crippen molar-refractivity contribution in [1.29, 1.82) is 10.5 Å². The zero-order chi connectivity index (χ0) is 36.8. The van der Waals surface area contributed by atoms with Crippen molar-refractivity contribution in [3.8, 4) is 23.6 Å². The van der Waals surface area contributed by atoms with Gasteiger partial charge in [-0.25, -0.2) is 9.59 Å². The maximum absolute atomic E-state index is 12.3. The van der Waals surface area contributed by atoms with Gasteiger partial charge in [-0.15, -0.1) is 0 Å². The molecular weight excluding hydrogens is 648 g/mol. The van der Waals surface area contributed by atoms with Crippen LogP contribution in [-0.4, -0.2) is 58.7 Å². The number of carboxylic acids is 2. The van der Waals surface area contributed by atoms with Gasteiger partial charge in [0.15, 0.2) is 11.6 Å². The standard InChI is InChI=1S/2C18H14N2O5/c2*1-11(21)10-25-16-7-6-13(8-12(16)9-19)20-17(22)14-4-2-3-5-15(14)18(23)24/h2*2-8H,10H2,1H3,(H,20,22)(H,23,24). The molecule has 252 valence electrons. The maximum Gasteiger partial charge on any atom is 0.336 e. The van der Waals surface area contributed by atoms with Gasteiger partial charge in [0.05, 0.1) is 33.4 Å². The van der Waals surface area contributed by atoms with Crippen LogP contribution in [0.2, 0.25) is 0 Å². The number of amides is 2. The van der Waals surface area contributed by atoms with Crippen molar-refractivity contribution in [2.75, 3.05) is 23.8 Å². The van der Waals surface area contributed by atoms with Crippen LogP contribution in [0.15, 0.2) is 84.9 Å². The Labute approximate surface area is 285 Å². The first-order valence-corrected chi connectivity index (χ1v) is 14.4. The number of nitrogens with zero attached hydrogens (tertiary/aromatic N) is 2. The van der Waals surface area contributed by atoms with Gasteiger partial charge in [0.2, 0.25) is 0 Å². The van der Waals surface area contributed by atoms with Gasteiger partial charge in [-0.3, -0.25) is 19.2 Å². The molecule has 4 aromatic rings. The number of carboxylic acid groups (broad SMARTS) is 2. The SMILES string of the molecule is CC(=O)COc1ccc(NC(=O)c2ccccc2C(=O)O)cc1C#N.CC(=O)COc1ccc(NC(=O)c2ccccc2C(=O)O)cc1C#N. The first-order valence-electron chi connectivity index (χ1n) is 14.4. The summed E-state index contributed by atoms with van der Waals surface area (Å²) in [4.78, 5) is 68.9. The maximum atomic E-state index is 12.3. The Bertz CT molecular complexity index is 1910. The zero-order valence-corrected chi connectivity index (χ0v) is 26.6. The van der Waals surface area contributed by atoms with Gasteiger partial charge in [-0.1, -0.05) is 24.3 Å². The van der Waals surface area contributed by atoms with Gasteiger partial charge >= 0.3 is 11.9 Å². The number of aromatic carboxylic acids is 2. The molecule has 4 N–H and O–H groups in total. The second kappa shape index (κ2) is 17.6. The Morgan fingerprint density at radius 2 is 0.920 bits per heavy atom. The number of Topliss-reactive ketones (excluding diaryl/α,β-unsaturated/α-hetero) is 2. The van der Waals surface area contributed by atoms with Crippen LogP contribution in [0.3, 0.4) is 0 Å². The van der Waals surface area contributed by atoms with Crippen molar-refractivity contribution in [3.63, 3.8) is 0 Å². The molecule has 0 spiro atoms. The summed E-state index contributed by atoms with van der Waals surface area (Å²) in [6, 6.07) is 24.1. The molecule has 0 aromatic heterocycles. The first-order chi connectivity index (χ1) is 23.8. The summed E-state index contributed by atoms with van der Waals surface area (Å²) >= 11 is 0. The molecule has 4 aromatic carbocycles. The number of rotatable bonds is 12. The minimum atomic E-state index is -1.21. The molecule has 0 aliphatic rings. The number of nitrogens with one attached hydrogen (secondary N) is 2. The summed E-state index contributed by atoms with van der Waals surface area (Å²) in [5, 5.41) is 41.7. The van der Waals surface area contributed by atoms with E-state index in [4.69, 9.17) is 19.7 Å². The van der Waals surface area contributed by atoms with Gasteiger partial charge in [0, 0.05) is 11.4 Å². The van der Waals surface area contributed by atoms with E-state index in [-0.39, 0.29) is 69.7 Å². The molecule has 0 bridgehead atoms. The molecule has 14 heteroatoms. The molecule has 0 heterocycles. The van der Waals surface area contributed by atoms with E-state index in [0.29, 0.717) is 11.4 Å². The van der Waals surface area contributed by atoms with E-state index < -0.39 is 23.8 Å². The largest absolute Gasteiger partial charge is 0.484 e. The Balaban J connectivity index is 0.000000270. The van der Waals surface area contributed by atoms with Gasteiger partial charge < -0.3 is 30.3 Å². The summed E-state index contributed by atoms with van der Waals surface area (Å²) in [6.07, 6.45) is 0. The summed E-state index contributed by atoms with van der Waals surface area (Å²) in [5.74, 6) is -3.58. The van der Waals surface area contributed by atoms with Crippen LogP contribution in [0, 0.1) is 22.7 Å². The van der Waals surface area contributed by atoms with E-state index in [1.54, 1.807) is 12.1 Å². The number of carbonyl (C=O) groups is 6. The van der Waals surface area contributed by atoms with Crippen molar-refractivity contribution in [1.82, 2.24) is 0 Å². The third kappa shape index (κ3) is 10.3. The van der Waals surface area contributed by atoms with Crippen LogP contribution in [0.4, 0.5) is 11.4 Å². The van der Waals surface area contributed by atoms with Crippen LogP contribution >= 0.6 is 0 Å². The molecule has 0 radical (unpaired) electrons. The monoisotopic (exact) mass is 676 g/mol.